The molecule has 1 aromatic carbocycles. The van der Waals surface area contributed by atoms with Gasteiger partial charge in [0.2, 0.25) is 0 Å². The highest BCUT2D eigenvalue weighted by Crippen LogP contribution is 2.23. The minimum atomic E-state index is 1.06. The predicted molar refractivity (Wildman–Crippen MR) is 65.2 cm³/mol. The van der Waals surface area contributed by atoms with Crippen LogP contribution >= 0.6 is 11.8 Å². The SMILES string of the molecule is CCSc1ccc(C)cc1CCNC. The Morgan fingerprint density at radius 1 is 1.36 bits per heavy atom. The van der Waals surface area contributed by atoms with Crippen molar-refractivity contribution in [1.82, 2.24) is 5.32 Å². The molecule has 0 heterocycles. The van der Waals surface area contributed by atoms with E-state index in [1.165, 1.54) is 16.0 Å². The van der Waals surface area contributed by atoms with Crippen molar-refractivity contribution >= 4 is 11.8 Å². The third-order valence-corrected chi connectivity index (χ3v) is 3.16. The van der Waals surface area contributed by atoms with E-state index in [4.69, 9.17) is 0 Å². The van der Waals surface area contributed by atoms with Gasteiger partial charge in [-0.05, 0) is 44.3 Å². The van der Waals surface area contributed by atoms with E-state index in [2.05, 4.69) is 37.4 Å². The number of thioether (sulfide) groups is 1. The summed E-state index contributed by atoms with van der Waals surface area (Å²) in [5, 5.41) is 3.20. The van der Waals surface area contributed by atoms with Gasteiger partial charge in [0.25, 0.3) is 0 Å². The highest BCUT2D eigenvalue weighted by molar-refractivity contribution is 7.99. The highest BCUT2D eigenvalue weighted by atomic mass is 32.2. The van der Waals surface area contributed by atoms with Crippen molar-refractivity contribution in [3.63, 3.8) is 0 Å². The molecule has 0 amide bonds. The van der Waals surface area contributed by atoms with Crippen LogP contribution in [0.5, 0.6) is 0 Å². The van der Waals surface area contributed by atoms with Crippen LogP contribution in [0.2, 0.25) is 0 Å². The van der Waals surface area contributed by atoms with Crippen LogP contribution in [0.4, 0.5) is 0 Å². The van der Waals surface area contributed by atoms with Crippen molar-refractivity contribution < 1.29 is 0 Å². The van der Waals surface area contributed by atoms with Crippen LogP contribution < -0.4 is 5.32 Å². The van der Waals surface area contributed by atoms with Gasteiger partial charge in [-0.25, -0.2) is 0 Å². The molecule has 0 radical (unpaired) electrons. The van der Waals surface area contributed by atoms with Crippen molar-refractivity contribution in [3.05, 3.63) is 29.3 Å². The number of aryl methyl sites for hydroxylation is 1. The first kappa shape index (κ1) is 11.6. The molecule has 0 aliphatic heterocycles. The lowest BCUT2D eigenvalue weighted by atomic mass is 10.1. The van der Waals surface area contributed by atoms with Crippen molar-refractivity contribution in [2.75, 3.05) is 19.3 Å². The topological polar surface area (TPSA) is 12.0 Å². The third kappa shape index (κ3) is 3.35. The average molecular weight is 209 g/mol. The second-order valence-electron chi connectivity index (χ2n) is 3.40. The van der Waals surface area contributed by atoms with Gasteiger partial charge in [-0.3, -0.25) is 0 Å². The smallest absolute Gasteiger partial charge is 0.0105 e. The lowest BCUT2D eigenvalue weighted by Gasteiger charge is -2.09. The van der Waals surface area contributed by atoms with E-state index in [0.29, 0.717) is 0 Å². The lowest BCUT2D eigenvalue weighted by molar-refractivity contribution is 0.783. The van der Waals surface area contributed by atoms with Crippen molar-refractivity contribution in [3.8, 4) is 0 Å². The Bertz CT molecular complexity index is 284. The van der Waals surface area contributed by atoms with Crippen molar-refractivity contribution in [2.45, 2.75) is 25.2 Å². The molecule has 2 heteroatoms. The number of rotatable bonds is 5. The molecule has 0 unspecified atom stereocenters. The van der Waals surface area contributed by atoms with Crippen molar-refractivity contribution in [2.24, 2.45) is 0 Å². The first-order chi connectivity index (χ1) is 6.77. The maximum Gasteiger partial charge on any atom is 0.0105 e. The Kier molecular flexibility index (Phi) is 5.05. The summed E-state index contributed by atoms with van der Waals surface area (Å²) in [5.74, 6) is 1.15. The largest absolute Gasteiger partial charge is 0.319 e. The number of hydrogen-bond donors (Lipinski definition) is 1. The molecule has 0 bridgehead atoms. The molecular weight excluding hydrogens is 190 g/mol. The van der Waals surface area contributed by atoms with E-state index in [0.717, 1.165) is 18.7 Å². The zero-order chi connectivity index (χ0) is 10.4. The molecule has 0 aliphatic rings. The van der Waals surface area contributed by atoms with Gasteiger partial charge in [0.15, 0.2) is 0 Å². The average Bonchev–Trinajstić information content (AvgIpc) is 2.18. The number of hydrogen-bond acceptors (Lipinski definition) is 2. The number of likely N-dealkylation sites (N-methyl/N-ethyl adjacent to an activating group) is 1. The Balaban J connectivity index is 2.79. The third-order valence-electron chi connectivity index (χ3n) is 2.16. The van der Waals surface area contributed by atoms with Gasteiger partial charge in [-0.15, -0.1) is 11.8 Å². The monoisotopic (exact) mass is 209 g/mol. The second kappa shape index (κ2) is 6.10. The second-order valence-corrected chi connectivity index (χ2v) is 4.70. The summed E-state index contributed by atoms with van der Waals surface area (Å²) in [5.41, 5.74) is 2.84. The molecular formula is C12H19NS. The molecule has 0 saturated heterocycles. The Hall–Kier alpha value is -0.470. The summed E-state index contributed by atoms with van der Waals surface area (Å²) in [6, 6.07) is 6.74. The van der Waals surface area contributed by atoms with E-state index >= 15 is 0 Å². The minimum Gasteiger partial charge on any atom is -0.319 e. The zero-order valence-electron chi connectivity index (χ0n) is 9.26. The fraction of sp³-hybridized carbons (Fsp3) is 0.500. The highest BCUT2D eigenvalue weighted by Gasteiger charge is 2.01. The van der Waals surface area contributed by atoms with E-state index in [1.54, 1.807) is 0 Å². The van der Waals surface area contributed by atoms with Crippen LogP contribution in [0.1, 0.15) is 18.1 Å². The fourth-order valence-electron chi connectivity index (χ4n) is 1.46. The van der Waals surface area contributed by atoms with Gasteiger partial charge in [-0.2, -0.15) is 0 Å². The molecule has 0 saturated carbocycles. The van der Waals surface area contributed by atoms with Crippen molar-refractivity contribution in [1.29, 1.82) is 0 Å². The summed E-state index contributed by atoms with van der Waals surface area (Å²) >= 11 is 1.93. The van der Waals surface area contributed by atoms with E-state index < -0.39 is 0 Å². The molecule has 0 aliphatic carbocycles. The first-order valence-electron chi connectivity index (χ1n) is 5.15. The van der Waals surface area contributed by atoms with E-state index in [9.17, 15) is 0 Å². The van der Waals surface area contributed by atoms with Gasteiger partial charge >= 0.3 is 0 Å². The number of benzene rings is 1. The Labute approximate surface area is 91.3 Å². The lowest BCUT2D eigenvalue weighted by Crippen LogP contribution is -2.10. The molecule has 0 atom stereocenters. The predicted octanol–water partition coefficient (Wildman–Crippen LogP) is 2.87. The molecule has 1 rings (SSSR count). The van der Waals surface area contributed by atoms with Crippen LogP contribution in [-0.4, -0.2) is 19.3 Å². The summed E-state index contributed by atoms with van der Waals surface area (Å²) in [4.78, 5) is 1.44. The zero-order valence-corrected chi connectivity index (χ0v) is 10.1. The summed E-state index contributed by atoms with van der Waals surface area (Å²) < 4.78 is 0. The molecule has 0 fully saturated rings. The van der Waals surface area contributed by atoms with Gasteiger partial charge in [0.1, 0.15) is 0 Å². The fourth-order valence-corrected chi connectivity index (χ4v) is 2.28. The maximum atomic E-state index is 3.20. The Morgan fingerprint density at radius 3 is 2.79 bits per heavy atom. The summed E-state index contributed by atoms with van der Waals surface area (Å²) in [6.07, 6.45) is 1.13. The minimum absolute atomic E-state index is 1.06. The maximum absolute atomic E-state index is 3.20. The first-order valence-corrected chi connectivity index (χ1v) is 6.13. The van der Waals surface area contributed by atoms with E-state index in [1.807, 2.05) is 18.8 Å². The van der Waals surface area contributed by atoms with Gasteiger partial charge < -0.3 is 5.32 Å². The molecule has 0 spiro atoms. The van der Waals surface area contributed by atoms with E-state index in [-0.39, 0.29) is 0 Å². The molecule has 78 valence electrons. The molecule has 1 nitrogen and oxygen atoms in total. The Morgan fingerprint density at radius 2 is 2.14 bits per heavy atom. The van der Waals surface area contributed by atoms with Crippen LogP contribution in [0.25, 0.3) is 0 Å². The van der Waals surface area contributed by atoms with Crippen LogP contribution in [0.15, 0.2) is 23.1 Å². The van der Waals surface area contributed by atoms with Gasteiger partial charge in [-0.1, -0.05) is 24.6 Å². The standard InChI is InChI=1S/C12H19NS/c1-4-14-12-6-5-10(2)9-11(12)7-8-13-3/h5-6,9,13H,4,7-8H2,1-3H3. The normalized spacial score (nSPS) is 10.5. The molecule has 1 N–H and O–H groups in total. The molecule has 1 aromatic rings. The quantitative estimate of drug-likeness (QED) is 0.748. The van der Waals surface area contributed by atoms with Crippen LogP contribution in [0, 0.1) is 6.92 Å². The molecule has 14 heavy (non-hydrogen) atoms. The molecule has 0 aromatic heterocycles. The van der Waals surface area contributed by atoms with Crippen LogP contribution in [-0.2, 0) is 6.42 Å². The van der Waals surface area contributed by atoms with Gasteiger partial charge in [0.05, 0.1) is 0 Å². The summed E-state index contributed by atoms with van der Waals surface area (Å²) in [6.45, 7) is 5.41. The number of nitrogens with one attached hydrogen (secondary N) is 1. The summed E-state index contributed by atoms with van der Waals surface area (Å²) in [7, 11) is 2.00. The van der Waals surface area contributed by atoms with Gasteiger partial charge in [0, 0.05) is 4.90 Å². The van der Waals surface area contributed by atoms with Crippen LogP contribution in [0.3, 0.4) is 0 Å².